The van der Waals surface area contributed by atoms with Crippen LogP contribution >= 0.6 is 11.3 Å². The predicted molar refractivity (Wildman–Crippen MR) is 153 cm³/mol. The Morgan fingerprint density at radius 3 is 2.61 bits per heavy atom. The number of fused-ring (bicyclic) bond motifs is 2. The first-order chi connectivity index (χ1) is 20.0. The number of aromatic nitrogens is 1. The van der Waals surface area contributed by atoms with E-state index in [9.17, 15) is 9.59 Å². The minimum Gasteiger partial charge on any atom is -0.493 e. The molecule has 6 rings (SSSR count). The Labute approximate surface area is 239 Å². The van der Waals surface area contributed by atoms with E-state index in [-0.39, 0.29) is 24.5 Å². The molecule has 3 heterocycles. The number of ether oxygens (including phenoxy) is 5. The smallest absolute Gasteiger partial charge is 0.338 e. The first-order valence-electron chi connectivity index (χ1n) is 12.9. The number of hydrogen-bond donors (Lipinski definition) is 0. The van der Waals surface area contributed by atoms with Crippen LogP contribution in [0.3, 0.4) is 0 Å². The lowest BCUT2D eigenvalue weighted by Gasteiger charge is -2.27. The van der Waals surface area contributed by atoms with E-state index >= 15 is 0 Å². The number of carbonyl (C=O) groups excluding carboxylic acids is 1. The van der Waals surface area contributed by atoms with Crippen molar-refractivity contribution in [3.63, 3.8) is 0 Å². The van der Waals surface area contributed by atoms with E-state index in [0.29, 0.717) is 43.6 Å². The zero-order valence-corrected chi connectivity index (χ0v) is 23.4. The molecule has 0 bridgehead atoms. The normalized spacial score (nSPS) is 15.8. The number of methoxy groups -OCH3 is 2. The summed E-state index contributed by atoms with van der Waals surface area (Å²) < 4.78 is 29.8. The fraction of sp³-hybridized carbons (Fsp3) is 0.194. The van der Waals surface area contributed by atoms with Crippen LogP contribution in [0.15, 0.2) is 82.1 Å². The van der Waals surface area contributed by atoms with Gasteiger partial charge in [-0.15, -0.1) is 0 Å². The molecule has 1 atom stereocenters. The molecule has 2 aliphatic heterocycles. The molecule has 4 aromatic rings. The van der Waals surface area contributed by atoms with Crippen LogP contribution in [0, 0.1) is 0 Å². The van der Waals surface area contributed by atoms with Crippen LogP contribution in [0.4, 0.5) is 0 Å². The highest BCUT2D eigenvalue weighted by atomic mass is 32.1. The van der Waals surface area contributed by atoms with E-state index in [2.05, 4.69) is 0 Å². The van der Waals surface area contributed by atoms with Gasteiger partial charge in [-0.05, 0) is 36.8 Å². The van der Waals surface area contributed by atoms with E-state index in [1.165, 1.54) is 30.1 Å². The zero-order chi connectivity index (χ0) is 28.5. The summed E-state index contributed by atoms with van der Waals surface area (Å²) in [4.78, 5) is 33.1. The lowest BCUT2D eigenvalue weighted by atomic mass is 9.92. The molecule has 0 fully saturated rings. The van der Waals surface area contributed by atoms with Crippen molar-refractivity contribution < 1.29 is 28.5 Å². The summed E-state index contributed by atoms with van der Waals surface area (Å²) in [6.07, 6.45) is 1.78. The first-order valence-corrected chi connectivity index (χ1v) is 13.7. The fourth-order valence-electron chi connectivity index (χ4n) is 5.02. The van der Waals surface area contributed by atoms with Gasteiger partial charge in [0.2, 0.25) is 6.79 Å². The highest BCUT2D eigenvalue weighted by Gasteiger charge is 2.37. The standard InChI is InChI=1S/C31H26N2O7S/c1-4-38-30(35)25-26(19-9-6-5-7-10-19)32-31-33(27(25)20-11-8-12-22(36-2)28(20)37-3)29(34)24(41-31)16-18-13-14-21-23(15-18)40-17-39-21/h5-16,27H,4,17H2,1-3H3. The molecule has 208 valence electrons. The van der Waals surface area contributed by atoms with E-state index in [1.54, 1.807) is 25.1 Å². The number of esters is 1. The van der Waals surface area contributed by atoms with Gasteiger partial charge in [0.25, 0.3) is 5.56 Å². The molecule has 41 heavy (non-hydrogen) atoms. The van der Waals surface area contributed by atoms with Gasteiger partial charge in [-0.3, -0.25) is 9.36 Å². The summed E-state index contributed by atoms with van der Waals surface area (Å²) in [6.45, 7) is 2.05. The Bertz CT molecular complexity index is 1860. The topological polar surface area (TPSA) is 97.6 Å². The van der Waals surface area contributed by atoms with Crippen molar-refractivity contribution in [2.75, 3.05) is 27.6 Å². The monoisotopic (exact) mass is 570 g/mol. The summed E-state index contributed by atoms with van der Waals surface area (Å²) in [6, 6.07) is 19.3. The third kappa shape index (κ3) is 4.66. The Balaban J connectivity index is 1.66. The molecule has 3 aromatic carbocycles. The first kappa shape index (κ1) is 26.4. The van der Waals surface area contributed by atoms with Gasteiger partial charge in [0.05, 0.1) is 36.6 Å². The van der Waals surface area contributed by atoms with Gasteiger partial charge in [0, 0.05) is 11.1 Å². The van der Waals surface area contributed by atoms with Crippen molar-refractivity contribution in [1.29, 1.82) is 0 Å². The molecular formula is C31H26N2O7S. The molecule has 0 saturated carbocycles. The summed E-state index contributed by atoms with van der Waals surface area (Å²) in [7, 11) is 3.06. The van der Waals surface area contributed by atoms with Gasteiger partial charge in [-0.25, -0.2) is 9.79 Å². The van der Waals surface area contributed by atoms with Crippen LogP contribution in [-0.4, -0.2) is 38.2 Å². The maximum absolute atomic E-state index is 14.1. The molecular weight excluding hydrogens is 544 g/mol. The third-order valence-corrected chi connectivity index (χ3v) is 7.78. The number of para-hydroxylation sites is 1. The quantitative estimate of drug-likeness (QED) is 0.313. The summed E-state index contributed by atoms with van der Waals surface area (Å²) in [5.74, 6) is 1.56. The van der Waals surface area contributed by atoms with Crippen molar-refractivity contribution in [2.45, 2.75) is 13.0 Å². The van der Waals surface area contributed by atoms with Crippen LogP contribution < -0.4 is 33.8 Å². The summed E-state index contributed by atoms with van der Waals surface area (Å²) in [5, 5.41) is 0. The number of thiazole rings is 1. The number of carbonyl (C=O) groups is 1. The Morgan fingerprint density at radius 2 is 1.85 bits per heavy atom. The van der Waals surface area contributed by atoms with Crippen LogP contribution in [0.25, 0.3) is 11.8 Å². The van der Waals surface area contributed by atoms with Crippen molar-refractivity contribution >= 4 is 29.1 Å². The summed E-state index contributed by atoms with van der Waals surface area (Å²) >= 11 is 1.24. The molecule has 0 N–H and O–H groups in total. The van der Waals surface area contributed by atoms with Gasteiger partial charge in [-0.2, -0.15) is 0 Å². The molecule has 0 aliphatic carbocycles. The van der Waals surface area contributed by atoms with E-state index in [0.717, 1.165) is 11.1 Å². The van der Waals surface area contributed by atoms with Gasteiger partial charge < -0.3 is 23.7 Å². The molecule has 9 nitrogen and oxygen atoms in total. The second kappa shape index (κ2) is 11.0. The Morgan fingerprint density at radius 1 is 1.05 bits per heavy atom. The second-order valence-electron chi connectivity index (χ2n) is 9.13. The number of rotatable bonds is 7. The van der Waals surface area contributed by atoms with E-state index in [1.807, 2.05) is 54.6 Å². The Kier molecular flexibility index (Phi) is 7.07. The molecule has 1 unspecified atom stereocenters. The molecule has 0 spiro atoms. The average Bonchev–Trinajstić information content (AvgIpc) is 3.59. The molecule has 10 heteroatoms. The predicted octanol–water partition coefficient (Wildman–Crippen LogP) is 3.68. The van der Waals surface area contributed by atoms with Crippen molar-refractivity contribution in [2.24, 2.45) is 4.99 Å². The van der Waals surface area contributed by atoms with Crippen molar-refractivity contribution in [1.82, 2.24) is 4.57 Å². The van der Waals surface area contributed by atoms with Gasteiger partial charge >= 0.3 is 5.97 Å². The molecule has 1 aromatic heterocycles. The molecule has 0 amide bonds. The lowest BCUT2D eigenvalue weighted by molar-refractivity contribution is -0.138. The fourth-order valence-corrected chi connectivity index (χ4v) is 6.02. The highest BCUT2D eigenvalue weighted by molar-refractivity contribution is 7.07. The van der Waals surface area contributed by atoms with Gasteiger partial charge in [0.15, 0.2) is 27.8 Å². The SMILES string of the molecule is CCOC(=O)C1=C(c2ccccc2)N=c2sc(=Cc3ccc4c(c3)OCO4)c(=O)n2C1c1cccc(OC)c1OC. The maximum Gasteiger partial charge on any atom is 0.338 e. The van der Waals surface area contributed by atoms with E-state index < -0.39 is 12.0 Å². The number of hydrogen-bond acceptors (Lipinski definition) is 9. The van der Waals surface area contributed by atoms with Crippen molar-refractivity contribution in [3.05, 3.63) is 109 Å². The Hall–Kier alpha value is -4.83. The number of nitrogens with zero attached hydrogens (tertiary/aromatic N) is 2. The third-order valence-electron chi connectivity index (χ3n) is 6.80. The molecule has 2 aliphatic rings. The summed E-state index contributed by atoms with van der Waals surface area (Å²) in [5.41, 5.74) is 2.39. The lowest BCUT2D eigenvalue weighted by Crippen LogP contribution is -2.40. The average molecular weight is 571 g/mol. The van der Waals surface area contributed by atoms with Gasteiger partial charge in [-0.1, -0.05) is 59.9 Å². The maximum atomic E-state index is 14.1. The minimum absolute atomic E-state index is 0.154. The van der Waals surface area contributed by atoms with E-state index in [4.69, 9.17) is 28.7 Å². The van der Waals surface area contributed by atoms with Crippen molar-refractivity contribution in [3.8, 4) is 23.0 Å². The van der Waals surface area contributed by atoms with Crippen LogP contribution in [-0.2, 0) is 9.53 Å². The largest absolute Gasteiger partial charge is 0.493 e. The van der Waals surface area contributed by atoms with Gasteiger partial charge in [0.1, 0.15) is 6.04 Å². The van der Waals surface area contributed by atoms with Crippen LogP contribution in [0.1, 0.15) is 29.7 Å². The van der Waals surface area contributed by atoms with Crippen LogP contribution in [0.5, 0.6) is 23.0 Å². The number of benzene rings is 3. The zero-order valence-electron chi connectivity index (χ0n) is 22.6. The molecule has 0 saturated heterocycles. The minimum atomic E-state index is -0.899. The molecule has 0 radical (unpaired) electrons. The second-order valence-corrected chi connectivity index (χ2v) is 10.1. The van der Waals surface area contributed by atoms with Crippen LogP contribution in [0.2, 0.25) is 0 Å². The highest BCUT2D eigenvalue weighted by Crippen LogP contribution is 2.42.